The fourth-order valence-corrected chi connectivity index (χ4v) is 2.97. The molecule has 0 unspecified atom stereocenters. The van der Waals surface area contributed by atoms with Gasteiger partial charge in [-0.05, 0) is 12.1 Å². The zero-order valence-corrected chi connectivity index (χ0v) is 15.3. The van der Waals surface area contributed by atoms with Crippen LogP contribution in [0, 0.1) is 0 Å². The average molecular weight is 386 g/mol. The predicted molar refractivity (Wildman–Crippen MR) is 113 cm³/mol. The number of rotatable bonds is 6. The number of nitrogens with zero attached hydrogens (tertiary/aromatic N) is 2. The highest BCUT2D eigenvalue weighted by Gasteiger charge is 2.08. The Morgan fingerprint density at radius 3 is 1.69 bits per heavy atom. The monoisotopic (exact) mass is 386 g/mol. The number of hydrogen-bond acceptors (Lipinski definition) is 4. The van der Waals surface area contributed by atoms with Crippen LogP contribution in [0.25, 0.3) is 21.8 Å². The molecule has 0 aliphatic rings. The lowest BCUT2D eigenvalue weighted by molar-refractivity contribution is -0.129. The molecule has 29 heavy (non-hydrogen) atoms. The summed E-state index contributed by atoms with van der Waals surface area (Å²) in [7, 11) is 0. The van der Waals surface area contributed by atoms with E-state index in [1.54, 1.807) is 12.4 Å². The zero-order chi connectivity index (χ0) is 20.1. The molecular formula is C21H18N6O2. The second kappa shape index (κ2) is 8.22. The Morgan fingerprint density at radius 1 is 0.759 bits per heavy atom. The third kappa shape index (κ3) is 4.22. The van der Waals surface area contributed by atoms with Gasteiger partial charge in [0, 0.05) is 45.3 Å². The molecule has 0 radical (unpaired) electrons. The number of fused-ring (bicyclic) bond motifs is 2. The smallest absolute Gasteiger partial charge is 0.249 e. The molecule has 4 N–H and O–H groups in total. The highest BCUT2D eigenvalue weighted by molar-refractivity contribution is 6.01. The van der Waals surface area contributed by atoms with Crippen LogP contribution in [0.3, 0.4) is 0 Å². The number of hydrazone groups is 2. The normalized spacial score (nSPS) is 11.6. The van der Waals surface area contributed by atoms with Gasteiger partial charge in [-0.15, -0.1) is 0 Å². The van der Waals surface area contributed by atoms with Gasteiger partial charge in [0.1, 0.15) is 6.42 Å². The van der Waals surface area contributed by atoms with E-state index in [4.69, 9.17) is 0 Å². The van der Waals surface area contributed by atoms with E-state index >= 15 is 0 Å². The molecule has 2 amide bonds. The van der Waals surface area contributed by atoms with Gasteiger partial charge in [0.25, 0.3) is 0 Å². The van der Waals surface area contributed by atoms with Gasteiger partial charge < -0.3 is 9.97 Å². The molecule has 0 atom stereocenters. The summed E-state index contributed by atoms with van der Waals surface area (Å²) in [5.74, 6) is -1.05. The average Bonchev–Trinajstić information content (AvgIpc) is 3.33. The summed E-state index contributed by atoms with van der Waals surface area (Å²) in [6.45, 7) is 0. The Kier molecular flexibility index (Phi) is 5.15. The van der Waals surface area contributed by atoms with Gasteiger partial charge in [-0.2, -0.15) is 10.2 Å². The number of para-hydroxylation sites is 2. The number of aromatic nitrogens is 2. The summed E-state index contributed by atoms with van der Waals surface area (Å²) < 4.78 is 0. The van der Waals surface area contributed by atoms with Crippen LogP contribution < -0.4 is 10.9 Å². The van der Waals surface area contributed by atoms with Crippen molar-refractivity contribution in [3.05, 3.63) is 72.1 Å². The van der Waals surface area contributed by atoms with Crippen molar-refractivity contribution in [2.45, 2.75) is 6.42 Å². The number of aromatic amines is 2. The van der Waals surface area contributed by atoms with Crippen LogP contribution in [-0.2, 0) is 9.59 Å². The third-order valence-corrected chi connectivity index (χ3v) is 4.35. The standard InChI is InChI=1S/C21H18N6O2/c28-20(26-24-12-14-10-22-18-7-3-1-5-16(14)18)9-21(29)27-25-13-15-11-23-19-8-4-2-6-17(15)19/h1-8,10-13,22-23H,9H2,(H,26,28)(H,27,29)/b24-12+,25-13+. The summed E-state index contributed by atoms with van der Waals surface area (Å²) in [5, 5.41) is 9.80. The summed E-state index contributed by atoms with van der Waals surface area (Å²) in [6.07, 6.45) is 6.28. The lowest BCUT2D eigenvalue weighted by Crippen LogP contribution is -2.27. The first-order chi connectivity index (χ1) is 14.2. The summed E-state index contributed by atoms with van der Waals surface area (Å²) in [6, 6.07) is 15.5. The van der Waals surface area contributed by atoms with Gasteiger partial charge >= 0.3 is 0 Å². The zero-order valence-electron chi connectivity index (χ0n) is 15.3. The van der Waals surface area contributed by atoms with Crippen LogP contribution in [0.2, 0.25) is 0 Å². The molecule has 8 nitrogen and oxygen atoms in total. The van der Waals surface area contributed by atoms with E-state index < -0.39 is 11.8 Å². The van der Waals surface area contributed by atoms with E-state index in [0.29, 0.717) is 0 Å². The number of H-pyrrole nitrogens is 2. The molecule has 2 heterocycles. The van der Waals surface area contributed by atoms with Crippen LogP contribution >= 0.6 is 0 Å². The Morgan fingerprint density at radius 2 is 1.21 bits per heavy atom. The Bertz CT molecular complexity index is 1140. The fraction of sp³-hybridized carbons (Fsp3) is 0.0476. The maximum atomic E-state index is 11.9. The maximum absolute atomic E-state index is 11.9. The molecule has 0 saturated heterocycles. The molecule has 4 aromatic rings. The van der Waals surface area contributed by atoms with Crippen molar-refractivity contribution in [3.8, 4) is 0 Å². The lowest BCUT2D eigenvalue weighted by Gasteiger charge is -1.99. The molecule has 2 aromatic carbocycles. The molecule has 0 bridgehead atoms. The summed E-state index contributed by atoms with van der Waals surface area (Å²) in [5.41, 5.74) is 8.33. The van der Waals surface area contributed by atoms with Gasteiger partial charge in [0.15, 0.2) is 0 Å². The van der Waals surface area contributed by atoms with Crippen LogP contribution in [-0.4, -0.2) is 34.2 Å². The van der Waals surface area contributed by atoms with Gasteiger partial charge in [0.05, 0.1) is 12.4 Å². The van der Waals surface area contributed by atoms with Gasteiger partial charge in [-0.1, -0.05) is 36.4 Å². The van der Waals surface area contributed by atoms with E-state index in [2.05, 4.69) is 31.0 Å². The van der Waals surface area contributed by atoms with Crippen molar-refractivity contribution in [1.29, 1.82) is 0 Å². The quantitative estimate of drug-likeness (QED) is 0.232. The predicted octanol–water partition coefficient (Wildman–Crippen LogP) is 2.64. The number of amides is 2. The second-order valence-electron chi connectivity index (χ2n) is 6.34. The molecule has 8 heteroatoms. The molecule has 144 valence electrons. The van der Waals surface area contributed by atoms with Crippen molar-refractivity contribution >= 4 is 46.0 Å². The van der Waals surface area contributed by atoms with Crippen LogP contribution in [0.1, 0.15) is 17.5 Å². The minimum atomic E-state index is -0.527. The number of carbonyl (C=O) groups is 2. The van der Waals surface area contributed by atoms with Crippen LogP contribution in [0.4, 0.5) is 0 Å². The Balaban J connectivity index is 1.27. The molecule has 4 rings (SSSR count). The first-order valence-corrected chi connectivity index (χ1v) is 8.97. The number of nitrogens with one attached hydrogen (secondary N) is 4. The van der Waals surface area contributed by atoms with Gasteiger partial charge in [-0.25, -0.2) is 10.9 Å². The van der Waals surface area contributed by atoms with Crippen molar-refractivity contribution in [1.82, 2.24) is 20.8 Å². The number of carbonyl (C=O) groups excluding carboxylic acids is 2. The minimum absolute atomic E-state index is 0.379. The van der Waals surface area contributed by atoms with E-state index in [1.165, 1.54) is 12.4 Å². The molecule has 0 fully saturated rings. The molecule has 0 spiro atoms. The summed E-state index contributed by atoms with van der Waals surface area (Å²) in [4.78, 5) is 30.0. The van der Waals surface area contributed by atoms with Crippen LogP contribution in [0.5, 0.6) is 0 Å². The SMILES string of the molecule is O=C(CC(=O)N/N=C/c1c[nH]c2ccccc12)N/N=C/c1c[nH]c2ccccc12. The van der Waals surface area contributed by atoms with Gasteiger partial charge in [-0.3, -0.25) is 9.59 Å². The summed E-state index contributed by atoms with van der Waals surface area (Å²) >= 11 is 0. The number of hydrogen-bond donors (Lipinski definition) is 4. The topological polar surface area (TPSA) is 114 Å². The first-order valence-electron chi connectivity index (χ1n) is 8.97. The number of benzene rings is 2. The third-order valence-electron chi connectivity index (χ3n) is 4.35. The maximum Gasteiger partial charge on any atom is 0.249 e. The molecule has 0 aliphatic carbocycles. The highest BCUT2D eigenvalue weighted by Crippen LogP contribution is 2.16. The van der Waals surface area contributed by atoms with E-state index in [0.717, 1.165) is 32.9 Å². The van der Waals surface area contributed by atoms with Crippen LogP contribution in [0.15, 0.2) is 71.1 Å². The lowest BCUT2D eigenvalue weighted by atomic mass is 10.2. The van der Waals surface area contributed by atoms with E-state index in [9.17, 15) is 9.59 Å². The molecule has 0 aliphatic heterocycles. The van der Waals surface area contributed by atoms with Crippen molar-refractivity contribution in [2.75, 3.05) is 0 Å². The molecule has 2 aromatic heterocycles. The van der Waals surface area contributed by atoms with E-state index in [1.807, 2.05) is 48.5 Å². The van der Waals surface area contributed by atoms with Crippen molar-refractivity contribution in [3.63, 3.8) is 0 Å². The fourth-order valence-electron chi connectivity index (χ4n) is 2.97. The van der Waals surface area contributed by atoms with E-state index in [-0.39, 0.29) is 6.42 Å². The molecular weight excluding hydrogens is 368 g/mol. The molecule has 0 saturated carbocycles. The Labute approximate surface area is 165 Å². The Hall–Kier alpha value is -4.20. The van der Waals surface area contributed by atoms with Crippen molar-refractivity contribution in [2.24, 2.45) is 10.2 Å². The highest BCUT2D eigenvalue weighted by atomic mass is 16.2. The first kappa shape index (κ1) is 18.2. The largest absolute Gasteiger partial charge is 0.361 e. The van der Waals surface area contributed by atoms with Crippen molar-refractivity contribution < 1.29 is 9.59 Å². The second-order valence-corrected chi connectivity index (χ2v) is 6.34. The minimum Gasteiger partial charge on any atom is -0.361 e. The van der Waals surface area contributed by atoms with Gasteiger partial charge in [0.2, 0.25) is 11.8 Å².